The third-order valence-electron chi connectivity index (χ3n) is 5.69. The highest BCUT2D eigenvalue weighted by molar-refractivity contribution is 7.92. The molecule has 37 heavy (non-hydrogen) atoms. The second kappa shape index (κ2) is 12.2. The van der Waals surface area contributed by atoms with Gasteiger partial charge in [0.05, 0.1) is 24.5 Å². The summed E-state index contributed by atoms with van der Waals surface area (Å²) in [7, 11) is -3.57. The third kappa shape index (κ3) is 9.53. The van der Waals surface area contributed by atoms with Gasteiger partial charge in [0.1, 0.15) is 12.4 Å². The number of hydrogen-bond donors (Lipinski definition) is 4. The fourth-order valence-electron chi connectivity index (χ4n) is 3.98. The first-order valence-electron chi connectivity index (χ1n) is 11.9. The van der Waals surface area contributed by atoms with Crippen molar-refractivity contribution in [3.05, 3.63) is 95.1 Å². The third-order valence-corrected chi connectivity index (χ3v) is 6.28. The van der Waals surface area contributed by atoms with Crippen molar-refractivity contribution in [2.45, 2.75) is 44.9 Å². The normalized spacial score (nSPS) is 12.6. The topological polar surface area (TPSA) is 125 Å². The Morgan fingerprint density at radius 1 is 0.973 bits per heavy atom. The van der Waals surface area contributed by atoms with Gasteiger partial charge in [-0.2, -0.15) is 0 Å². The van der Waals surface area contributed by atoms with Crippen LogP contribution in [0.2, 0.25) is 0 Å². The Bertz CT molecular complexity index is 1310. The number of aliphatic carboxylic acids is 1. The summed E-state index contributed by atoms with van der Waals surface area (Å²) in [5.74, 6) is -0.515. The van der Waals surface area contributed by atoms with Crippen LogP contribution in [0.3, 0.4) is 0 Å². The molecule has 4 N–H and O–H groups in total. The van der Waals surface area contributed by atoms with Crippen LogP contribution in [0.15, 0.2) is 72.8 Å². The Balaban J connectivity index is 1.68. The van der Waals surface area contributed by atoms with Crippen molar-refractivity contribution < 1.29 is 28.2 Å². The highest BCUT2D eigenvalue weighted by Crippen LogP contribution is 2.30. The van der Waals surface area contributed by atoms with Gasteiger partial charge in [0.25, 0.3) is 0 Å². The van der Waals surface area contributed by atoms with E-state index >= 15 is 0 Å². The molecule has 0 spiro atoms. The van der Waals surface area contributed by atoms with Crippen molar-refractivity contribution >= 4 is 21.7 Å². The van der Waals surface area contributed by atoms with Crippen LogP contribution in [0.4, 0.5) is 5.69 Å². The fourth-order valence-corrected chi connectivity index (χ4v) is 4.54. The first kappa shape index (κ1) is 28.2. The molecule has 0 aliphatic carbocycles. The summed E-state index contributed by atoms with van der Waals surface area (Å²) in [6.07, 6.45) is 0.753. The SMILES string of the molecule is CC(C)(Cc1cccc(CC(=O)O)c1)NC[C@H](O)c1ccc(OCc2ccccc2)c(NS(C)(=O)=O)c1. The Labute approximate surface area is 218 Å². The van der Waals surface area contributed by atoms with Crippen molar-refractivity contribution in [3.63, 3.8) is 0 Å². The van der Waals surface area contributed by atoms with Crippen LogP contribution >= 0.6 is 0 Å². The van der Waals surface area contributed by atoms with Crippen LogP contribution in [-0.2, 0) is 34.3 Å². The Kier molecular flexibility index (Phi) is 9.31. The number of hydrogen-bond acceptors (Lipinski definition) is 6. The minimum absolute atomic E-state index is 0.0324. The lowest BCUT2D eigenvalue weighted by Crippen LogP contribution is -2.43. The van der Waals surface area contributed by atoms with Crippen molar-refractivity contribution in [3.8, 4) is 5.75 Å². The quantitative estimate of drug-likeness (QED) is 0.266. The molecule has 0 saturated carbocycles. The molecule has 0 aromatic heterocycles. The number of benzene rings is 3. The first-order valence-corrected chi connectivity index (χ1v) is 13.8. The lowest BCUT2D eigenvalue weighted by molar-refractivity contribution is -0.136. The van der Waals surface area contributed by atoms with Crippen LogP contribution < -0.4 is 14.8 Å². The predicted molar refractivity (Wildman–Crippen MR) is 144 cm³/mol. The van der Waals surface area contributed by atoms with Crippen LogP contribution in [0, 0.1) is 0 Å². The highest BCUT2D eigenvalue weighted by atomic mass is 32.2. The van der Waals surface area contributed by atoms with Gasteiger partial charge in [0, 0.05) is 12.1 Å². The van der Waals surface area contributed by atoms with E-state index in [1.54, 1.807) is 24.3 Å². The Hall–Kier alpha value is -3.40. The molecule has 0 fully saturated rings. The van der Waals surface area contributed by atoms with E-state index < -0.39 is 27.6 Å². The number of anilines is 1. The summed E-state index contributed by atoms with van der Waals surface area (Å²) in [5.41, 5.74) is 3.06. The summed E-state index contributed by atoms with van der Waals surface area (Å²) in [5, 5.41) is 23.3. The molecule has 0 bridgehead atoms. The van der Waals surface area contributed by atoms with Gasteiger partial charge in [0.2, 0.25) is 10.0 Å². The largest absolute Gasteiger partial charge is 0.487 e. The number of β-amino-alcohol motifs (C(OH)–C–C–N with tert-alkyl or cyclic N) is 1. The molecule has 3 aromatic carbocycles. The lowest BCUT2D eigenvalue weighted by Gasteiger charge is -2.28. The molecule has 0 aliphatic rings. The number of carboxylic acid groups (broad SMARTS) is 1. The number of aliphatic hydroxyl groups excluding tert-OH is 1. The van der Waals surface area contributed by atoms with E-state index in [4.69, 9.17) is 9.84 Å². The van der Waals surface area contributed by atoms with Crippen LogP contribution in [0.25, 0.3) is 0 Å². The van der Waals surface area contributed by atoms with Gasteiger partial charge in [-0.25, -0.2) is 8.42 Å². The van der Waals surface area contributed by atoms with Crippen molar-refractivity contribution in [2.24, 2.45) is 0 Å². The molecule has 8 nitrogen and oxygen atoms in total. The van der Waals surface area contributed by atoms with Gasteiger partial charge in [-0.05, 0) is 54.7 Å². The number of carboxylic acids is 1. The summed E-state index contributed by atoms with van der Waals surface area (Å²) < 4.78 is 32.2. The summed E-state index contributed by atoms with van der Waals surface area (Å²) in [6.45, 7) is 4.50. The van der Waals surface area contributed by atoms with Crippen molar-refractivity contribution in [2.75, 3.05) is 17.5 Å². The van der Waals surface area contributed by atoms with Gasteiger partial charge in [0.15, 0.2) is 0 Å². The van der Waals surface area contributed by atoms with E-state index in [-0.39, 0.29) is 25.3 Å². The van der Waals surface area contributed by atoms with Crippen LogP contribution in [0.1, 0.15) is 42.2 Å². The molecule has 0 saturated heterocycles. The second-order valence-corrected chi connectivity index (χ2v) is 11.5. The van der Waals surface area contributed by atoms with E-state index in [1.807, 2.05) is 62.4 Å². The number of rotatable bonds is 13. The zero-order chi connectivity index (χ0) is 27.1. The maximum atomic E-state index is 11.9. The maximum Gasteiger partial charge on any atom is 0.307 e. The van der Waals surface area contributed by atoms with E-state index in [0.29, 0.717) is 17.7 Å². The number of nitrogens with one attached hydrogen (secondary N) is 2. The molecule has 1 atom stereocenters. The summed E-state index contributed by atoms with van der Waals surface area (Å²) in [4.78, 5) is 11.0. The zero-order valence-corrected chi connectivity index (χ0v) is 22.1. The molecule has 0 aliphatic heterocycles. The van der Waals surface area contributed by atoms with E-state index in [2.05, 4.69) is 10.0 Å². The number of ether oxygens (including phenoxy) is 1. The Morgan fingerprint density at radius 2 is 1.65 bits per heavy atom. The molecule has 0 heterocycles. The summed E-state index contributed by atoms with van der Waals surface area (Å²) >= 11 is 0. The average Bonchev–Trinajstić information content (AvgIpc) is 2.81. The van der Waals surface area contributed by atoms with Crippen molar-refractivity contribution in [1.29, 1.82) is 0 Å². The predicted octanol–water partition coefficient (Wildman–Crippen LogP) is 3.91. The number of aliphatic hydroxyl groups is 1. The molecular weight excluding hydrogens is 492 g/mol. The molecule has 0 unspecified atom stereocenters. The minimum Gasteiger partial charge on any atom is -0.487 e. The van der Waals surface area contributed by atoms with Gasteiger partial charge in [-0.15, -0.1) is 0 Å². The molecule has 3 aromatic rings. The zero-order valence-electron chi connectivity index (χ0n) is 21.3. The van der Waals surface area contributed by atoms with Gasteiger partial charge in [-0.1, -0.05) is 60.7 Å². The first-order chi connectivity index (χ1) is 17.4. The maximum absolute atomic E-state index is 11.9. The molecule has 3 rings (SSSR count). The minimum atomic E-state index is -3.57. The van der Waals surface area contributed by atoms with E-state index in [1.165, 1.54) is 0 Å². The smallest absolute Gasteiger partial charge is 0.307 e. The van der Waals surface area contributed by atoms with Crippen LogP contribution in [0.5, 0.6) is 5.75 Å². The van der Waals surface area contributed by atoms with E-state index in [0.717, 1.165) is 22.9 Å². The number of carbonyl (C=O) groups is 1. The molecule has 0 amide bonds. The molecule has 0 radical (unpaired) electrons. The number of sulfonamides is 1. The van der Waals surface area contributed by atoms with E-state index in [9.17, 15) is 18.3 Å². The lowest BCUT2D eigenvalue weighted by atomic mass is 9.93. The summed E-state index contributed by atoms with van der Waals surface area (Å²) in [6, 6.07) is 21.9. The fraction of sp³-hybridized carbons (Fsp3) is 0.321. The molecule has 9 heteroatoms. The molecular formula is C28H34N2O6S. The monoisotopic (exact) mass is 526 g/mol. The standard InChI is InChI=1S/C28H34N2O6S/c1-28(2,17-22-11-7-10-21(14-22)15-27(32)33)29-18-25(31)23-12-13-26(24(16-23)30-37(3,34)35)36-19-20-8-5-4-6-9-20/h4-14,16,25,29-31H,15,17-19H2,1-3H3,(H,32,33)/t25-/m0/s1. The van der Waals surface area contributed by atoms with Crippen LogP contribution in [-0.4, -0.2) is 42.9 Å². The van der Waals surface area contributed by atoms with Gasteiger partial charge < -0.3 is 20.3 Å². The van der Waals surface area contributed by atoms with Crippen molar-refractivity contribution in [1.82, 2.24) is 5.32 Å². The molecule has 198 valence electrons. The van der Waals surface area contributed by atoms with Gasteiger partial charge >= 0.3 is 5.97 Å². The average molecular weight is 527 g/mol. The second-order valence-electron chi connectivity index (χ2n) is 9.75. The Morgan fingerprint density at radius 3 is 2.32 bits per heavy atom. The van der Waals surface area contributed by atoms with Gasteiger partial charge in [-0.3, -0.25) is 9.52 Å². The highest BCUT2D eigenvalue weighted by Gasteiger charge is 2.21.